The van der Waals surface area contributed by atoms with Gasteiger partial charge >= 0.3 is 0 Å². The smallest absolute Gasteiger partial charge is 0.0644 e. The molecule has 0 radical (unpaired) electrons. The lowest BCUT2D eigenvalue weighted by atomic mass is 10.5. The Kier molecular flexibility index (Phi) is 87.7. The van der Waals surface area contributed by atoms with Gasteiger partial charge in [-0.2, -0.15) is 0 Å². The van der Waals surface area contributed by atoms with E-state index in [4.69, 9.17) is 14.2 Å². The van der Waals surface area contributed by atoms with Crippen LogP contribution in [0.4, 0.5) is 0 Å². The van der Waals surface area contributed by atoms with Gasteiger partial charge in [-0.1, -0.05) is 42.7 Å². The van der Waals surface area contributed by atoms with E-state index in [0.717, 1.165) is 32.7 Å². The van der Waals surface area contributed by atoms with E-state index in [0.29, 0.717) is 6.61 Å². The first-order valence-electron chi connectivity index (χ1n) is 4.99. The van der Waals surface area contributed by atoms with Crippen molar-refractivity contribution in [1.82, 2.24) is 0 Å². The molecule has 0 heterocycles. The van der Waals surface area contributed by atoms with Crippen molar-refractivity contribution in [2.45, 2.75) is 49.5 Å². The summed E-state index contributed by atoms with van der Waals surface area (Å²) >= 11 is 0. The fraction of sp³-hybridized carbons (Fsp3) is 0.867. The van der Waals surface area contributed by atoms with E-state index in [2.05, 4.69) is 13.5 Å². The Morgan fingerprint density at radius 3 is 1.67 bits per heavy atom. The second kappa shape index (κ2) is 43.8. The predicted octanol–water partition coefficient (Wildman–Crippen LogP) is 4.81. The molecule has 18 heavy (non-hydrogen) atoms. The molecule has 0 bridgehead atoms. The Labute approximate surface area is 118 Å². The van der Waals surface area contributed by atoms with Gasteiger partial charge in [0.25, 0.3) is 0 Å². The van der Waals surface area contributed by atoms with Crippen LogP contribution >= 0.6 is 0 Å². The molecular formula is C15H40O3. The molecule has 3 heteroatoms. The van der Waals surface area contributed by atoms with Gasteiger partial charge in [-0.25, -0.2) is 0 Å². The number of rotatable bonds is 8. The van der Waals surface area contributed by atoms with Crippen molar-refractivity contribution in [1.29, 1.82) is 0 Å². The third kappa shape index (κ3) is 57.5. The average Bonchev–Trinajstić information content (AvgIpc) is 2.20. The van der Waals surface area contributed by atoms with Gasteiger partial charge in [-0.15, -0.1) is 6.58 Å². The molecule has 0 rings (SSSR count). The molecule has 0 unspecified atom stereocenters. The van der Waals surface area contributed by atoms with Gasteiger partial charge in [0.05, 0.1) is 6.61 Å². The zero-order valence-corrected chi connectivity index (χ0v) is 9.75. The number of ether oxygens (including phenoxy) is 3. The molecule has 0 atom stereocenters. The van der Waals surface area contributed by atoms with Crippen LogP contribution in [0.1, 0.15) is 49.5 Å². The fourth-order valence-electron chi connectivity index (χ4n) is 0.676. The summed E-state index contributed by atoms with van der Waals surface area (Å²) in [4.78, 5) is 0. The van der Waals surface area contributed by atoms with Crippen molar-refractivity contribution in [2.75, 3.05) is 40.6 Å². The molecule has 0 aromatic carbocycles. The summed E-state index contributed by atoms with van der Waals surface area (Å²) in [5.74, 6) is 0. The van der Waals surface area contributed by atoms with E-state index in [-0.39, 0.29) is 29.7 Å². The molecule has 0 saturated carbocycles. The van der Waals surface area contributed by atoms with Crippen LogP contribution in [0.15, 0.2) is 12.7 Å². The molecule has 0 aliphatic rings. The lowest BCUT2D eigenvalue weighted by Crippen LogP contribution is -1.98. The highest BCUT2D eigenvalue weighted by atomic mass is 16.5. The minimum Gasteiger partial charge on any atom is -0.385 e. The predicted molar refractivity (Wildman–Crippen MR) is 86.6 cm³/mol. The van der Waals surface area contributed by atoms with Crippen molar-refractivity contribution < 1.29 is 14.2 Å². The molecule has 0 amide bonds. The maximum absolute atomic E-state index is 5.09. The highest BCUT2D eigenvalue weighted by molar-refractivity contribution is 4.63. The maximum atomic E-state index is 5.09. The van der Waals surface area contributed by atoms with Crippen LogP contribution in [0.25, 0.3) is 0 Å². The van der Waals surface area contributed by atoms with Crippen LogP contribution in [-0.2, 0) is 14.2 Å². The normalized spacial score (nSPS) is 7.06. The van der Waals surface area contributed by atoms with E-state index < -0.39 is 0 Å². The summed E-state index contributed by atoms with van der Waals surface area (Å²) in [5, 5.41) is 0. The third-order valence-electron chi connectivity index (χ3n) is 1.28. The Morgan fingerprint density at radius 1 is 0.889 bits per heavy atom. The number of methoxy groups -OCH3 is 2. The SMILES string of the molecule is C.C.C.C.C=CCOCCCOC.CCCOC. The van der Waals surface area contributed by atoms with Crippen LogP contribution in [-0.4, -0.2) is 40.6 Å². The lowest BCUT2D eigenvalue weighted by Gasteiger charge is -1.98. The number of hydrogen-bond acceptors (Lipinski definition) is 3. The van der Waals surface area contributed by atoms with Crippen LogP contribution < -0.4 is 0 Å². The van der Waals surface area contributed by atoms with Gasteiger partial charge in [0, 0.05) is 34.0 Å². The first-order valence-corrected chi connectivity index (χ1v) is 4.99. The largest absolute Gasteiger partial charge is 0.385 e. The molecule has 0 aliphatic carbocycles. The van der Waals surface area contributed by atoms with Crippen LogP contribution in [0.2, 0.25) is 0 Å². The first-order chi connectivity index (χ1) is 6.83. The fourth-order valence-corrected chi connectivity index (χ4v) is 0.676. The van der Waals surface area contributed by atoms with Crippen molar-refractivity contribution in [3.63, 3.8) is 0 Å². The Balaban J connectivity index is -0.0000000359. The third-order valence-corrected chi connectivity index (χ3v) is 1.28. The molecule has 0 aromatic heterocycles. The Hall–Kier alpha value is -0.380. The molecular weight excluding hydrogens is 228 g/mol. The lowest BCUT2D eigenvalue weighted by molar-refractivity contribution is 0.120. The second-order valence-electron chi connectivity index (χ2n) is 2.70. The summed E-state index contributed by atoms with van der Waals surface area (Å²) in [6.45, 7) is 8.68. The van der Waals surface area contributed by atoms with Crippen LogP contribution in [0.3, 0.4) is 0 Å². The first kappa shape index (κ1) is 36.0. The summed E-state index contributed by atoms with van der Waals surface area (Å²) in [5.41, 5.74) is 0. The minimum atomic E-state index is 0. The zero-order valence-electron chi connectivity index (χ0n) is 9.75. The Morgan fingerprint density at radius 2 is 1.39 bits per heavy atom. The van der Waals surface area contributed by atoms with Crippen molar-refractivity contribution in [2.24, 2.45) is 0 Å². The highest BCUT2D eigenvalue weighted by Crippen LogP contribution is 1.82. The number of hydrogen-bond donors (Lipinski definition) is 0. The van der Waals surface area contributed by atoms with E-state index in [1.807, 2.05) is 0 Å². The van der Waals surface area contributed by atoms with Gasteiger partial charge in [-0.3, -0.25) is 0 Å². The van der Waals surface area contributed by atoms with Gasteiger partial charge in [0.2, 0.25) is 0 Å². The molecule has 0 N–H and O–H groups in total. The summed E-state index contributed by atoms with van der Waals surface area (Å²) < 4.78 is 14.6. The quantitative estimate of drug-likeness (QED) is 0.467. The van der Waals surface area contributed by atoms with Gasteiger partial charge in [0.15, 0.2) is 0 Å². The summed E-state index contributed by atoms with van der Waals surface area (Å²) in [6, 6.07) is 0. The molecule has 0 aromatic rings. The topological polar surface area (TPSA) is 27.7 Å². The summed E-state index contributed by atoms with van der Waals surface area (Å²) in [7, 11) is 3.40. The van der Waals surface area contributed by atoms with E-state index in [9.17, 15) is 0 Å². The monoisotopic (exact) mass is 268 g/mol. The van der Waals surface area contributed by atoms with E-state index >= 15 is 0 Å². The molecule has 0 spiro atoms. The second-order valence-corrected chi connectivity index (χ2v) is 2.70. The molecule has 3 nitrogen and oxygen atoms in total. The van der Waals surface area contributed by atoms with Crippen LogP contribution in [0, 0.1) is 0 Å². The maximum Gasteiger partial charge on any atom is 0.0644 e. The molecule has 0 saturated heterocycles. The standard InChI is InChI=1S/C7H14O2.C4H10O.4CH4/c1-3-5-9-7-4-6-8-2;1-3-4-5-2;;;;/h3H,1,4-7H2,2H3;3-4H2,1-2H3;4*1H4. The van der Waals surface area contributed by atoms with Crippen molar-refractivity contribution in [3.05, 3.63) is 12.7 Å². The van der Waals surface area contributed by atoms with Crippen LogP contribution in [0.5, 0.6) is 0 Å². The highest BCUT2D eigenvalue weighted by Gasteiger charge is 1.83. The minimum absolute atomic E-state index is 0. The van der Waals surface area contributed by atoms with Gasteiger partial charge < -0.3 is 14.2 Å². The summed E-state index contributed by atoms with van der Waals surface area (Å²) in [6.07, 6.45) is 3.83. The zero-order chi connectivity index (χ0) is 11.1. The van der Waals surface area contributed by atoms with E-state index in [1.165, 1.54) is 0 Å². The molecule has 0 aliphatic heterocycles. The molecule has 118 valence electrons. The van der Waals surface area contributed by atoms with Crippen molar-refractivity contribution >= 4 is 0 Å². The molecule has 0 fully saturated rings. The average molecular weight is 268 g/mol. The van der Waals surface area contributed by atoms with Crippen molar-refractivity contribution in [3.8, 4) is 0 Å². The van der Waals surface area contributed by atoms with Gasteiger partial charge in [0.1, 0.15) is 0 Å². The van der Waals surface area contributed by atoms with E-state index in [1.54, 1.807) is 20.3 Å². The Bertz CT molecular complexity index is 93.7. The van der Waals surface area contributed by atoms with Gasteiger partial charge in [-0.05, 0) is 12.8 Å².